The molecule has 5 nitrogen and oxygen atoms in total. The van der Waals surface area contributed by atoms with Crippen LogP contribution in [0.4, 0.5) is 9.18 Å². The summed E-state index contributed by atoms with van der Waals surface area (Å²) in [6.07, 6.45) is 0. The van der Waals surface area contributed by atoms with E-state index < -0.39 is 12.0 Å². The molecule has 7 heteroatoms. The first-order valence-electron chi connectivity index (χ1n) is 6.87. The summed E-state index contributed by atoms with van der Waals surface area (Å²) in [4.78, 5) is 24.5. The molecule has 1 aromatic carbocycles. The Kier molecular flexibility index (Phi) is 5.43. The van der Waals surface area contributed by atoms with E-state index in [0.717, 1.165) is 4.90 Å². The molecule has 118 valence electrons. The molecule has 0 saturated heterocycles. The summed E-state index contributed by atoms with van der Waals surface area (Å²) >= 11 is 1.40. The predicted molar refractivity (Wildman–Crippen MR) is 81.9 cm³/mol. The first kappa shape index (κ1) is 16.4. The van der Waals surface area contributed by atoms with Crippen LogP contribution in [0.3, 0.4) is 0 Å². The van der Waals surface area contributed by atoms with Gasteiger partial charge in [0.25, 0.3) is 0 Å². The number of carbonyl (C=O) groups excluding carboxylic acids is 2. The van der Waals surface area contributed by atoms with Crippen molar-refractivity contribution >= 4 is 23.8 Å². The maximum Gasteiger partial charge on any atom is 0.337 e. The summed E-state index contributed by atoms with van der Waals surface area (Å²) in [7, 11) is 0. The number of rotatable bonds is 5. The van der Waals surface area contributed by atoms with Crippen LogP contribution >= 0.6 is 11.8 Å². The fourth-order valence-corrected chi connectivity index (χ4v) is 2.95. The molecule has 1 heterocycles. The first-order valence-corrected chi connectivity index (χ1v) is 7.86. The first-order chi connectivity index (χ1) is 10.5. The third kappa shape index (κ3) is 4.00. The summed E-state index contributed by atoms with van der Waals surface area (Å²) in [6.45, 7) is 3.72. The Morgan fingerprint density at radius 3 is 2.68 bits per heavy atom. The second-order valence-electron chi connectivity index (χ2n) is 4.68. The van der Waals surface area contributed by atoms with Crippen LogP contribution in [-0.2, 0) is 9.53 Å². The second kappa shape index (κ2) is 7.31. The third-order valence-electron chi connectivity index (χ3n) is 3.06. The number of esters is 1. The van der Waals surface area contributed by atoms with Gasteiger partial charge in [0.15, 0.2) is 0 Å². The topological polar surface area (TPSA) is 67.4 Å². The van der Waals surface area contributed by atoms with E-state index in [2.05, 4.69) is 10.6 Å². The molecule has 0 aliphatic carbocycles. The summed E-state index contributed by atoms with van der Waals surface area (Å²) in [5.74, 6) is -0.367. The van der Waals surface area contributed by atoms with Crippen molar-refractivity contribution in [2.45, 2.75) is 24.8 Å². The van der Waals surface area contributed by atoms with E-state index in [1.807, 2.05) is 0 Å². The van der Waals surface area contributed by atoms with Gasteiger partial charge >= 0.3 is 12.0 Å². The van der Waals surface area contributed by atoms with Crippen molar-refractivity contribution in [2.24, 2.45) is 0 Å². The molecule has 0 spiro atoms. The molecule has 0 unspecified atom stereocenters. The molecule has 2 amide bonds. The van der Waals surface area contributed by atoms with Gasteiger partial charge < -0.3 is 15.4 Å². The van der Waals surface area contributed by atoms with Gasteiger partial charge in [-0.3, -0.25) is 0 Å². The highest BCUT2D eigenvalue weighted by Crippen LogP contribution is 2.24. The minimum absolute atomic E-state index is 0.265. The summed E-state index contributed by atoms with van der Waals surface area (Å²) in [5.41, 5.74) is 0.931. The molecule has 0 bridgehead atoms. The maximum atomic E-state index is 12.9. The number of halogens is 1. The Hall–Kier alpha value is -2.02. The molecule has 1 atom stereocenters. The molecule has 1 aliphatic rings. The van der Waals surface area contributed by atoms with E-state index in [1.165, 1.54) is 23.9 Å². The zero-order valence-electron chi connectivity index (χ0n) is 12.3. The van der Waals surface area contributed by atoms with Gasteiger partial charge in [-0.05, 0) is 38.1 Å². The van der Waals surface area contributed by atoms with Gasteiger partial charge in [-0.25, -0.2) is 14.0 Å². The van der Waals surface area contributed by atoms with Crippen molar-refractivity contribution in [3.8, 4) is 0 Å². The van der Waals surface area contributed by atoms with Gasteiger partial charge in [-0.15, -0.1) is 11.8 Å². The largest absolute Gasteiger partial charge is 0.463 e. The molecular weight excluding hydrogens is 307 g/mol. The average Bonchev–Trinajstić information content (AvgIpc) is 2.46. The molecule has 1 aromatic rings. The summed E-state index contributed by atoms with van der Waals surface area (Å²) in [5, 5.41) is 5.29. The zero-order valence-corrected chi connectivity index (χ0v) is 13.1. The number of benzene rings is 1. The number of urea groups is 1. The quantitative estimate of drug-likeness (QED) is 0.645. The lowest BCUT2D eigenvalue weighted by atomic mass is 10.1. The molecule has 0 saturated carbocycles. The van der Waals surface area contributed by atoms with Crippen LogP contribution in [0.15, 0.2) is 40.4 Å². The van der Waals surface area contributed by atoms with E-state index in [0.29, 0.717) is 17.0 Å². The highest BCUT2D eigenvalue weighted by Gasteiger charge is 2.29. The highest BCUT2D eigenvalue weighted by atomic mass is 32.2. The lowest BCUT2D eigenvalue weighted by Gasteiger charge is -2.26. The SMILES string of the molecule is CCOC(=O)C1=C(CSc2ccc(F)cc2)NC(=O)N[C@H]1C. The lowest BCUT2D eigenvalue weighted by Crippen LogP contribution is -2.49. The Labute approximate surface area is 132 Å². The molecule has 0 aromatic heterocycles. The third-order valence-corrected chi connectivity index (χ3v) is 4.10. The van der Waals surface area contributed by atoms with Crippen LogP contribution < -0.4 is 10.6 Å². The molecule has 22 heavy (non-hydrogen) atoms. The lowest BCUT2D eigenvalue weighted by molar-refractivity contribution is -0.138. The van der Waals surface area contributed by atoms with Gasteiger partial charge in [0.2, 0.25) is 0 Å². The van der Waals surface area contributed by atoms with Gasteiger partial charge in [-0.1, -0.05) is 0 Å². The van der Waals surface area contributed by atoms with Crippen molar-refractivity contribution in [2.75, 3.05) is 12.4 Å². The number of nitrogens with one attached hydrogen (secondary N) is 2. The molecular formula is C15H17FN2O3S. The van der Waals surface area contributed by atoms with Crippen molar-refractivity contribution in [3.05, 3.63) is 41.4 Å². The van der Waals surface area contributed by atoms with Crippen LogP contribution in [0.2, 0.25) is 0 Å². The number of hydrogen-bond donors (Lipinski definition) is 2. The Morgan fingerprint density at radius 2 is 2.05 bits per heavy atom. The number of thioether (sulfide) groups is 1. The van der Waals surface area contributed by atoms with Crippen molar-refractivity contribution < 1.29 is 18.7 Å². The van der Waals surface area contributed by atoms with Gasteiger partial charge in [0.05, 0.1) is 18.2 Å². The number of ether oxygens (including phenoxy) is 1. The number of carbonyl (C=O) groups is 2. The molecule has 0 radical (unpaired) electrons. The van der Waals surface area contributed by atoms with E-state index in [9.17, 15) is 14.0 Å². The van der Waals surface area contributed by atoms with E-state index in [4.69, 9.17) is 4.74 Å². The Morgan fingerprint density at radius 1 is 1.36 bits per heavy atom. The van der Waals surface area contributed by atoms with Crippen LogP contribution in [0.5, 0.6) is 0 Å². The Bertz CT molecular complexity index is 601. The molecule has 0 fully saturated rings. The summed E-state index contributed by atoms with van der Waals surface area (Å²) < 4.78 is 17.9. The van der Waals surface area contributed by atoms with Gasteiger partial charge in [0, 0.05) is 16.3 Å². The van der Waals surface area contributed by atoms with Crippen LogP contribution in [0, 0.1) is 5.82 Å². The average molecular weight is 324 g/mol. The number of amides is 2. The van der Waals surface area contributed by atoms with Crippen LogP contribution in [0.1, 0.15) is 13.8 Å². The standard InChI is InChI=1S/C15H17FN2O3S/c1-3-21-14(19)13-9(2)17-15(20)18-12(13)8-22-11-6-4-10(16)5-7-11/h4-7,9H,3,8H2,1-2H3,(H2,17,18,20)/t9-/m0/s1. The van der Waals surface area contributed by atoms with E-state index in [1.54, 1.807) is 26.0 Å². The monoisotopic (exact) mass is 324 g/mol. The van der Waals surface area contributed by atoms with Crippen molar-refractivity contribution in [3.63, 3.8) is 0 Å². The van der Waals surface area contributed by atoms with Crippen molar-refractivity contribution in [1.29, 1.82) is 0 Å². The minimum atomic E-state index is -0.447. The molecule has 1 aliphatic heterocycles. The fourth-order valence-electron chi connectivity index (χ4n) is 2.08. The smallest absolute Gasteiger partial charge is 0.337 e. The van der Waals surface area contributed by atoms with Crippen LogP contribution in [0.25, 0.3) is 0 Å². The molecule has 2 N–H and O–H groups in total. The van der Waals surface area contributed by atoms with E-state index in [-0.39, 0.29) is 18.5 Å². The zero-order chi connectivity index (χ0) is 16.1. The fraction of sp³-hybridized carbons (Fsp3) is 0.333. The highest BCUT2D eigenvalue weighted by molar-refractivity contribution is 7.99. The Balaban J connectivity index is 2.18. The van der Waals surface area contributed by atoms with Crippen LogP contribution in [-0.4, -0.2) is 30.4 Å². The molecule has 2 rings (SSSR count). The summed E-state index contributed by atoms with van der Waals surface area (Å²) in [6, 6.07) is 5.26. The maximum absolute atomic E-state index is 12.9. The van der Waals surface area contributed by atoms with Crippen molar-refractivity contribution in [1.82, 2.24) is 10.6 Å². The number of hydrogen-bond acceptors (Lipinski definition) is 4. The predicted octanol–water partition coefficient (Wildman–Crippen LogP) is 2.44. The van der Waals surface area contributed by atoms with E-state index >= 15 is 0 Å². The second-order valence-corrected chi connectivity index (χ2v) is 5.72. The van der Waals surface area contributed by atoms with Gasteiger partial charge in [-0.2, -0.15) is 0 Å². The normalized spacial score (nSPS) is 17.8. The minimum Gasteiger partial charge on any atom is -0.463 e. The van der Waals surface area contributed by atoms with Gasteiger partial charge in [0.1, 0.15) is 5.82 Å².